The number of hydrogen-bond acceptors (Lipinski definition) is 5. The highest BCUT2D eigenvalue weighted by atomic mass is 35.5. The van der Waals surface area contributed by atoms with Crippen LogP contribution in [-0.2, 0) is 22.5 Å². The van der Waals surface area contributed by atoms with Crippen LogP contribution in [0.4, 0.5) is 10.1 Å². The van der Waals surface area contributed by atoms with Crippen molar-refractivity contribution in [2.24, 2.45) is 7.05 Å². The Bertz CT molecular complexity index is 1280. The summed E-state index contributed by atoms with van der Waals surface area (Å²) in [6.45, 7) is 7.05. The second-order valence-electron chi connectivity index (χ2n) is 9.28. The van der Waals surface area contributed by atoms with Crippen LogP contribution in [0.1, 0.15) is 51.0 Å². The van der Waals surface area contributed by atoms with E-state index in [4.69, 9.17) is 11.6 Å². The third-order valence-corrected chi connectivity index (χ3v) is 7.53. The van der Waals surface area contributed by atoms with Gasteiger partial charge in [0.05, 0.1) is 21.6 Å². The summed E-state index contributed by atoms with van der Waals surface area (Å²) < 4.78 is 44.9. The van der Waals surface area contributed by atoms with E-state index in [0.717, 1.165) is 36.8 Å². The fourth-order valence-corrected chi connectivity index (χ4v) is 5.17. The molecule has 7 nitrogen and oxygen atoms in total. The number of halogens is 2. The van der Waals surface area contributed by atoms with Gasteiger partial charge < -0.3 is 9.88 Å². The standard InChI is InChI=1S/C23H27ClFN5O2S/c1-23(2,3)14-7-9-15(10-8-14)33(31,32)29-20-13-18(25)17(24)12-16(20)21-27-28-22(30(21)4)19-6-5-11-26-19/h7-10,12-13,19,26,29H,5-6,11H2,1-4H3/t19-/m1/s1. The quantitative estimate of drug-likeness (QED) is 0.535. The monoisotopic (exact) mass is 491 g/mol. The van der Waals surface area contributed by atoms with Crippen molar-refractivity contribution in [1.82, 2.24) is 20.1 Å². The normalized spacial score (nSPS) is 16.8. The fourth-order valence-electron chi connectivity index (χ4n) is 3.94. The van der Waals surface area contributed by atoms with E-state index in [0.29, 0.717) is 11.4 Å². The van der Waals surface area contributed by atoms with Gasteiger partial charge in [-0.15, -0.1) is 10.2 Å². The molecule has 0 bridgehead atoms. The summed E-state index contributed by atoms with van der Waals surface area (Å²) in [7, 11) is -2.19. The molecule has 1 fully saturated rings. The van der Waals surface area contributed by atoms with E-state index in [-0.39, 0.29) is 27.1 Å². The van der Waals surface area contributed by atoms with E-state index in [1.54, 1.807) is 35.9 Å². The lowest BCUT2D eigenvalue weighted by molar-refractivity contribution is 0.578. The van der Waals surface area contributed by atoms with Gasteiger partial charge >= 0.3 is 0 Å². The molecule has 176 valence electrons. The summed E-state index contributed by atoms with van der Waals surface area (Å²) in [4.78, 5) is 0.0746. The van der Waals surface area contributed by atoms with Gasteiger partial charge in [0.2, 0.25) is 0 Å². The molecule has 2 N–H and O–H groups in total. The summed E-state index contributed by atoms with van der Waals surface area (Å²) in [6.07, 6.45) is 1.97. The van der Waals surface area contributed by atoms with Crippen molar-refractivity contribution >= 4 is 27.3 Å². The Morgan fingerprint density at radius 1 is 1.18 bits per heavy atom. The molecule has 3 aromatic rings. The molecule has 1 aliphatic rings. The molecule has 0 saturated carbocycles. The number of rotatable bonds is 5. The van der Waals surface area contributed by atoms with E-state index in [2.05, 4.69) is 20.2 Å². The van der Waals surface area contributed by atoms with Crippen LogP contribution in [0.5, 0.6) is 0 Å². The molecule has 0 unspecified atom stereocenters. The maximum Gasteiger partial charge on any atom is 0.261 e. The molecule has 0 radical (unpaired) electrons. The van der Waals surface area contributed by atoms with Crippen LogP contribution in [0, 0.1) is 5.82 Å². The van der Waals surface area contributed by atoms with Crippen LogP contribution < -0.4 is 10.0 Å². The molecule has 1 atom stereocenters. The lowest BCUT2D eigenvalue weighted by Gasteiger charge is -2.19. The van der Waals surface area contributed by atoms with Crippen molar-refractivity contribution < 1.29 is 12.8 Å². The number of nitrogens with zero attached hydrogens (tertiary/aromatic N) is 3. The highest BCUT2D eigenvalue weighted by Gasteiger charge is 2.26. The minimum Gasteiger partial charge on any atom is -0.313 e. The van der Waals surface area contributed by atoms with Crippen molar-refractivity contribution in [3.63, 3.8) is 0 Å². The highest BCUT2D eigenvalue weighted by Crippen LogP contribution is 2.35. The van der Waals surface area contributed by atoms with Crippen LogP contribution in [0.3, 0.4) is 0 Å². The minimum atomic E-state index is -3.99. The van der Waals surface area contributed by atoms with E-state index in [1.165, 1.54) is 6.07 Å². The lowest BCUT2D eigenvalue weighted by atomic mass is 9.87. The first-order valence-electron chi connectivity index (χ1n) is 10.7. The Morgan fingerprint density at radius 2 is 1.88 bits per heavy atom. The molecule has 2 aromatic carbocycles. The molecule has 0 spiro atoms. The number of sulfonamides is 1. The van der Waals surface area contributed by atoms with E-state index >= 15 is 0 Å². The van der Waals surface area contributed by atoms with Crippen LogP contribution in [0.2, 0.25) is 5.02 Å². The predicted octanol–water partition coefficient (Wildman–Crippen LogP) is 4.80. The van der Waals surface area contributed by atoms with Gasteiger partial charge in [-0.25, -0.2) is 12.8 Å². The van der Waals surface area contributed by atoms with Crippen molar-refractivity contribution in [2.75, 3.05) is 11.3 Å². The number of benzene rings is 2. The Morgan fingerprint density at radius 3 is 2.48 bits per heavy atom. The van der Waals surface area contributed by atoms with Crippen LogP contribution >= 0.6 is 11.6 Å². The zero-order valence-electron chi connectivity index (χ0n) is 19.0. The average molecular weight is 492 g/mol. The number of hydrogen-bond donors (Lipinski definition) is 2. The molecular formula is C23H27ClFN5O2S. The van der Waals surface area contributed by atoms with Crippen molar-refractivity contribution in [1.29, 1.82) is 0 Å². The van der Waals surface area contributed by atoms with Gasteiger partial charge in [0, 0.05) is 18.7 Å². The number of nitrogens with one attached hydrogen (secondary N) is 2. The second-order valence-corrected chi connectivity index (χ2v) is 11.4. The van der Waals surface area contributed by atoms with Gasteiger partial charge in [-0.05, 0) is 48.6 Å². The Kier molecular flexibility index (Phi) is 6.24. The molecule has 33 heavy (non-hydrogen) atoms. The average Bonchev–Trinajstić information content (AvgIpc) is 3.39. The fraction of sp³-hybridized carbons (Fsp3) is 0.391. The van der Waals surface area contributed by atoms with Crippen LogP contribution in [0.15, 0.2) is 41.3 Å². The highest BCUT2D eigenvalue weighted by molar-refractivity contribution is 7.92. The van der Waals surface area contributed by atoms with Crippen LogP contribution in [0.25, 0.3) is 11.4 Å². The molecule has 1 saturated heterocycles. The van der Waals surface area contributed by atoms with Gasteiger partial charge in [-0.1, -0.05) is 44.5 Å². The molecular weight excluding hydrogens is 465 g/mol. The largest absolute Gasteiger partial charge is 0.313 e. The number of anilines is 1. The Labute approximate surface area is 198 Å². The maximum absolute atomic E-state index is 14.4. The Balaban J connectivity index is 1.72. The zero-order chi connectivity index (χ0) is 24.0. The lowest BCUT2D eigenvalue weighted by Crippen LogP contribution is -2.17. The first-order valence-corrected chi connectivity index (χ1v) is 12.6. The predicted molar refractivity (Wildman–Crippen MR) is 127 cm³/mol. The third-order valence-electron chi connectivity index (χ3n) is 5.86. The number of aromatic nitrogens is 3. The first-order chi connectivity index (χ1) is 15.5. The van der Waals surface area contributed by atoms with Crippen molar-refractivity contribution in [3.05, 3.63) is 58.6 Å². The second kappa shape index (κ2) is 8.70. The summed E-state index contributed by atoms with van der Waals surface area (Å²) >= 11 is 6.05. The molecule has 0 amide bonds. The molecule has 10 heteroatoms. The summed E-state index contributed by atoms with van der Waals surface area (Å²) in [5.41, 5.74) is 1.28. The molecule has 0 aliphatic carbocycles. The molecule has 1 aromatic heterocycles. The summed E-state index contributed by atoms with van der Waals surface area (Å²) in [5.74, 6) is 0.386. The third kappa shape index (κ3) is 4.76. The maximum atomic E-state index is 14.4. The van der Waals surface area contributed by atoms with Gasteiger partial charge in [0.1, 0.15) is 11.6 Å². The van der Waals surface area contributed by atoms with Gasteiger partial charge in [-0.3, -0.25) is 4.72 Å². The topological polar surface area (TPSA) is 88.9 Å². The van der Waals surface area contributed by atoms with E-state index < -0.39 is 15.8 Å². The summed E-state index contributed by atoms with van der Waals surface area (Å²) in [6, 6.07) is 9.15. The van der Waals surface area contributed by atoms with Gasteiger partial charge in [0.15, 0.2) is 5.82 Å². The molecule has 4 rings (SSSR count). The SMILES string of the molecule is Cn1c(-c2cc(Cl)c(F)cc2NS(=O)(=O)c2ccc(C(C)(C)C)cc2)nnc1[C@H]1CCCN1. The van der Waals surface area contributed by atoms with E-state index in [9.17, 15) is 12.8 Å². The molecule has 2 heterocycles. The van der Waals surface area contributed by atoms with Gasteiger partial charge in [0.25, 0.3) is 10.0 Å². The van der Waals surface area contributed by atoms with E-state index in [1.807, 2.05) is 20.8 Å². The zero-order valence-corrected chi connectivity index (χ0v) is 20.6. The van der Waals surface area contributed by atoms with Crippen molar-refractivity contribution in [3.8, 4) is 11.4 Å². The smallest absolute Gasteiger partial charge is 0.261 e. The molecule has 1 aliphatic heterocycles. The first kappa shape index (κ1) is 23.7. The summed E-state index contributed by atoms with van der Waals surface area (Å²) in [5, 5.41) is 11.8. The van der Waals surface area contributed by atoms with Crippen molar-refractivity contribution in [2.45, 2.75) is 50.0 Å². The van der Waals surface area contributed by atoms with Crippen LogP contribution in [-0.4, -0.2) is 29.7 Å². The Hall–Kier alpha value is -2.49. The minimum absolute atomic E-state index is 0.0400. The van der Waals surface area contributed by atoms with Gasteiger partial charge in [-0.2, -0.15) is 0 Å².